The molecule has 39 heavy (non-hydrogen) atoms. The van der Waals surface area contributed by atoms with Gasteiger partial charge in [0.05, 0.1) is 18.7 Å². The molecular weight excluding hydrogens is 517 g/mol. The fourth-order valence-electron chi connectivity index (χ4n) is 6.12. The molecule has 1 saturated heterocycles. The molecule has 1 aromatic heterocycles. The number of H-pyrrole nitrogens is 1. The molecule has 212 valence electrons. The Labute approximate surface area is 224 Å². The van der Waals surface area contributed by atoms with E-state index >= 15 is 8.78 Å². The zero-order chi connectivity index (χ0) is 28.1. The predicted molar refractivity (Wildman–Crippen MR) is 138 cm³/mol. The van der Waals surface area contributed by atoms with Gasteiger partial charge in [-0.1, -0.05) is 19.4 Å². The Balaban J connectivity index is 1.55. The quantitative estimate of drug-likeness (QED) is 0.316. The Morgan fingerprint density at radius 1 is 1.10 bits per heavy atom. The smallest absolute Gasteiger partial charge is 0.283 e. The van der Waals surface area contributed by atoms with Crippen molar-refractivity contribution < 1.29 is 32.2 Å². The average molecular weight is 552 g/mol. The molecule has 3 N–H and O–H groups in total. The van der Waals surface area contributed by atoms with E-state index in [0.29, 0.717) is 24.2 Å². The normalized spacial score (nSPS) is 21.8. The van der Waals surface area contributed by atoms with Gasteiger partial charge in [-0.2, -0.15) is 0 Å². The van der Waals surface area contributed by atoms with Crippen molar-refractivity contribution >= 4 is 10.9 Å². The number of aromatic nitrogens is 1. The molecule has 1 fully saturated rings. The third-order valence-corrected chi connectivity index (χ3v) is 8.20. The standard InChI is InChI=1S/C29H34F5N3O2/c1-3-4-8-36-12-18(13-36)28(39)17-10-21(31)25(22(32)11-17)27-26-19(24-20(30)6-5-7-23(24)35-26)9-16(2)37(27)14-29(33,34)15-38/h5-7,10-11,16,18,27-28,35,38-39H,3-4,8-9,12-15H2,1-2H3/t16-,27-,28-/m1/s1. The van der Waals surface area contributed by atoms with E-state index < -0.39 is 60.3 Å². The van der Waals surface area contributed by atoms with Gasteiger partial charge in [-0.25, -0.2) is 22.0 Å². The number of rotatable bonds is 9. The summed E-state index contributed by atoms with van der Waals surface area (Å²) in [5.41, 5.74) is 0.747. The Morgan fingerprint density at radius 3 is 2.44 bits per heavy atom. The second-order valence-electron chi connectivity index (χ2n) is 11.0. The monoisotopic (exact) mass is 551 g/mol. The van der Waals surface area contributed by atoms with Crippen LogP contribution in [0.5, 0.6) is 0 Å². The number of halogens is 5. The van der Waals surface area contributed by atoms with Crippen LogP contribution in [0, 0.1) is 23.4 Å². The van der Waals surface area contributed by atoms with Crippen molar-refractivity contribution in [2.75, 3.05) is 32.8 Å². The number of hydrogen-bond donors (Lipinski definition) is 3. The van der Waals surface area contributed by atoms with E-state index in [1.165, 1.54) is 17.0 Å². The molecule has 5 rings (SSSR count). The van der Waals surface area contributed by atoms with Crippen molar-refractivity contribution in [3.63, 3.8) is 0 Å². The second kappa shape index (κ2) is 10.8. The highest BCUT2D eigenvalue weighted by molar-refractivity contribution is 5.86. The Hall–Kier alpha value is -2.53. The molecular formula is C29H34F5N3O2. The van der Waals surface area contributed by atoms with Crippen LogP contribution in [-0.2, 0) is 6.42 Å². The zero-order valence-electron chi connectivity index (χ0n) is 22.0. The summed E-state index contributed by atoms with van der Waals surface area (Å²) in [5, 5.41) is 20.4. The van der Waals surface area contributed by atoms with E-state index in [0.717, 1.165) is 31.5 Å². The van der Waals surface area contributed by atoms with Crippen molar-refractivity contribution in [3.8, 4) is 0 Å². The number of aliphatic hydroxyl groups excluding tert-OH is 2. The van der Waals surface area contributed by atoms with Crippen LogP contribution in [-0.4, -0.2) is 69.7 Å². The van der Waals surface area contributed by atoms with Crippen molar-refractivity contribution in [2.45, 2.75) is 57.2 Å². The first kappa shape index (κ1) is 28.0. The van der Waals surface area contributed by atoms with E-state index in [-0.39, 0.29) is 29.0 Å². The number of nitrogens with zero attached hydrogens (tertiary/aromatic N) is 2. The molecule has 2 aromatic carbocycles. The van der Waals surface area contributed by atoms with Gasteiger partial charge >= 0.3 is 0 Å². The Morgan fingerprint density at radius 2 is 1.79 bits per heavy atom. The van der Waals surface area contributed by atoms with E-state index in [2.05, 4.69) is 16.8 Å². The van der Waals surface area contributed by atoms with E-state index in [4.69, 9.17) is 0 Å². The van der Waals surface area contributed by atoms with Crippen LogP contribution in [0.15, 0.2) is 30.3 Å². The van der Waals surface area contributed by atoms with Gasteiger partial charge in [0.25, 0.3) is 5.92 Å². The number of aliphatic hydroxyl groups is 2. The summed E-state index contributed by atoms with van der Waals surface area (Å²) in [5.74, 6) is -6.17. The molecule has 3 atom stereocenters. The highest BCUT2D eigenvalue weighted by atomic mass is 19.3. The minimum absolute atomic E-state index is 0.0907. The van der Waals surface area contributed by atoms with Gasteiger partial charge in [0, 0.05) is 47.2 Å². The molecule has 0 bridgehead atoms. The van der Waals surface area contributed by atoms with Gasteiger partial charge in [-0.15, -0.1) is 0 Å². The number of likely N-dealkylation sites (tertiary alicyclic amines) is 1. The first-order valence-electron chi connectivity index (χ1n) is 13.5. The lowest BCUT2D eigenvalue weighted by Gasteiger charge is -2.43. The lowest BCUT2D eigenvalue weighted by Crippen LogP contribution is -2.50. The summed E-state index contributed by atoms with van der Waals surface area (Å²) < 4.78 is 75.4. The van der Waals surface area contributed by atoms with Crippen LogP contribution >= 0.6 is 0 Å². The van der Waals surface area contributed by atoms with Crippen LogP contribution in [0.3, 0.4) is 0 Å². The summed E-state index contributed by atoms with van der Waals surface area (Å²) in [4.78, 5) is 6.46. The largest absolute Gasteiger partial charge is 0.390 e. The number of fused-ring (bicyclic) bond motifs is 3. The van der Waals surface area contributed by atoms with Gasteiger partial charge < -0.3 is 20.1 Å². The lowest BCUT2D eigenvalue weighted by molar-refractivity contribution is -0.0869. The number of alkyl halides is 2. The first-order chi connectivity index (χ1) is 18.5. The molecule has 0 radical (unpaired) electrons. The second-order valence-corrected chi connectivity index (χ2v) is 11.0. The first-order valence-corrected chi connectivity index (χ1v) is 13.5. The Bertz CT molecular complexity index is 1320. The minimum atomic E-state index is -3.53. The molecule has 0 aliphatic carbocycles. The number of benzene rings is 2. The van der Waals surface area contributed by atoms with E-state index in [9.17, 15) is 23.4 Å². The molecule has 2 aliphatic heterocycles. The average Bonchev–Trinajstić information content (AvgIpc) is 3.23. The molecule has 0 spiro atoms. The van der Waals surface area contributed by atoms with Crippen molar-refractivity contribution in [1.29, 1.82) is 0 Å². The van der Waals surface area contributed by atoms with Crippen LogP contribution < -0.4 is 0 Å². The summed E-state index contributed by atoms with van der Waals surface area (Å²) in [6.45, 7) is 3.50. The van der Waals surface area contributed by atoms with Crippen molar-refractivity contribution in [2.24, 2.45) is 5.92 Å². The predicted octanol–water partition coefficient (Wildman–Crippen LogP) is 5.31. The maximum absolute atomic E-state index is 15.8. The number of nitrogens with one attached hydrogen (secondary N) is 1. The molecule has 0 unspecified atom stereocenters. The van der Waals surface area contributed by atoms with Crippen molar-refractivity contribution in [1.82, 2.24) is 14.8 Å². The lowest BCUT2D eigenvalue weighted by atomic mass is 9.85. The van der Waals surface area contributed by atoms with Crippen molar-refractivity contribution in [3.05, 3.63) is 70.2 Å². The highest BCUT2D eigenvalue weighted by Gasteiger charge is 2.44. The fraction of sp³-hybridized carbons (Fsp3) is 0.517. The van der Waals surface area contributed by atoms with Crippen LogP contribution in [0.4, 0.5) is 22.0 Å². The van der Waals surface area contributed by atoms with Crippen LogP contribution in [0.2, 0.25) is 0 Å². The van der Waals surface area contributed by atoms with Crippen LogP contribution in [0.1, 0.15) is 61.2 Å². The summed E-state index contributed by atoms with van der Waals surface area (Å²) in [6.07, 6.45) is 1.18. The number of aromatic amines is 1. The fourth-order valence-corrected chi connectivity index (χ4v) is 6.12. The minimum Gasteiger partial charge on any atom is -0.390 e. The SMILES string of the molecule is CCCCN1CC([C@H](O)c2cc(F)c([C@@H]3c4[nH]c5cccc(F)c5c4C[C@@H](C)N3CC(F)(F)CO)c(F)c2)C1. The topological polar surface area (TPSA) is 62.7 Å². The van der Waals surface area contributed by atoms with E-state index in [1.807, 2.05) is 0 Å². The summed E-state index contributed by atoms with van der Waals surface area (Å²) >= 11 is 0. The number of unbranched alkanes of at least 4 members (excludes halogenated alkanes) is 1. The zero-order valence-corrected chi connectivity index (χ0v) is 22.0. The summed E-state index contributed by atoms with van der Waals surface area (Å²) in [7, 11) is 0. The number of hydrogen-bond acceptors (Lipinski definition) is 4. The molecule has 3 heterocycles. The Kier molecular flexibility index (Phi) is 7.76. The molecule has 10 heteroatoms. The molecule has 5 nitrogen and oxygen atoms in total. The molecule has 2 aliphatic rings. The van der Waals surface area contributed by atoms with Gasteiger partial charge in [0.1, 0.15) is 24.1 Å². The third kappa shape index (κ3) is 5.19. The van der Waals surface area contributed by atoms with Crippen LogP contribution in [0.25, 0.3) is 10.9 Å². The van der Waals surface area contributed by atoms with Gasteiger partial charge in [0.2, 0.25) is 0 Å². The molecule has 3 aromatic rings. The highest BCUT2D eigenvalue weighted by Crippen LogP contribution is 2.44. The van der Waals surface area contributed by atoms with Gasteiger partial charge in [0.15, 0.2) is 0 Å². The third-order valence-electron chi connectivity index (χ3n) is 8.20. The van der Waals surface area contributed by atoms with Gasteiger partial charge in [-0.05, 0) is 61.7 Å². The molecule has 0 saturated carbocycles. The summed E-state index contributed by atoms with van der Waals surface area (Å²) in [6, 6.07) is 4.57. The van der Waals surface area contributed by atoms with E-state index in [1.54, 1.807) is 13.0 Å². The maximum Gasteiger partial charge on any atom is 0.283 e. The van der Waals surface area contributed by atoms with Gasteiger partial charge in [-0.3, -0.25) is 4.90 Å². The molecule has 0 amide bonds. The maximum atomic E-state index is 15.8.